The summed E-state index contributed by atoms with van der Waals surface area (Å²) in [4.78, 5) is 24.4. The first kappa shape index (κ1) is 14.6. The standard InChI is InChI=1S/C16H17N3O2/c1-11-3-5-14(6-4-11)18-16(21)12-7-13(17)9-15(8-12)19(2)10-20/h3-10H,17H2,1-2H3,(H,18,21). The fourth-order valence-corrected chi connectivity index (χ4v) is 1.87. The van der Waals surface area contributed by atoms with Crippen molar-refractivity contribution in [3.05, 3.63) is 53.6 Å². The van der Waals surface area contributed by atoms with Crippen molar-refractivity contribution in [1.82, 2.24) is 0 Å². The maximum absolute atomic E-state index is 12.2. The fourth-order valence-electron chi connectivity index (χ4n) is 1.87. The second-order valence-electron chi connectivity index (χ2n) is 4.85. The second-order valence-corrected chi connectivity index (χ2v) is 4.85. The van der Waals surface area contributed by atoms with Crippen molar-refractivity contribution in [3.63, 3.8) is 0 Å². The normalized spacial score (nSPS) is 10.0. The molecule has 0 spiro atoms. The molecule has 108 valence electrons. The number of carbonyl (C=O) groups excluding carboxylic acids is 2. The predicted octanol–water partition coefficient (Wildman–Crippen LogP) is 2.42. The Morgan fingerprint density at radius 2 is 1.86 bits per heavy atom. The molecule has 0 aliphatic carbocycles. The van der Waals surface area contributed by atoms with Crippen LogP contribution < -0.4 is 16.0 Å². The molecule has 0 aromatic heterocycles. The topological polar surface area (TPSA) is 75.4 Å². The number of aryl methyl sites for hydroxylation is 1. The first-order valence-corrected chi connectivity index (χ1v) is 6.46. The first-order chi connectivity index (χ1) is 9.99. The van der Waals surface area contributed by atoms with Gasteiger partial charge in [-0.2, -0.15) is 0 Å². The van der Waals surface area contributed by atoms with Gasteiger partial charge in [-0.3, -0.25) is 9.59 Å². The van der Waals surface area contributed by atoms with Crippen LogP contribution in [0.2, 0.25) is 0 Å². The number of amides is 2. The second kappa shape index (κ2) is 6.09. The molecule has 0 saturated heterocycles. The predicted molar refractivity (Wildman–Crippen MR) is 84.5 cm³/mol. The van der Waals surface area contributed by atoms with Gasteiger partial charge in [-0.15, -0.1) is 0 Å². The minimum Gasteiger partial charge on any atom is -0.399 e. The number of rotatable bonds is 4. The first-order valence-electron chi connectivity index (χ1n) is 6.46. The van der Waals surface area contributed by atoms with Gasteiger partial charge in [0.2, 0.25) is 6.41 Å². The number of nitrogens with one attached hydrogen (secondary N) is 1. The molecule has 0 unspecified atom stereocenters. The van der Waals surface area contributed by atoms with Crippen LogP contribution in [0, 0.1) is 6.92 Å². The Morgan fingerprint density at radius 1 is 1.19 bits per heavy atom. The lowest BCUT2D eigenvalue weighted by molar-refractivity contribution is -0.107. The van der Waals surface area contributed by atoms with Crippen molar-refractivity contribution in [2.45, 2.75) is 6.92 Å². The third-order valence-corrected chi connectivity index (χ3v) is 3.08. The van der Waals surface area contributed by atoms with Crippen molar-refractivity contribution in [2.24, 2.45) is 0 Å². The lowest BCUT2D eigenvalue weighted by Gasteiger charge is -2.13. The molecule has 0 heterocycles. The fraction of sp³-hybridized carbons (Fsp3) is 0.125. The van der Waals surface area contributed by atoms with Crippen LogP contribution in [0.1, 0.15) is 15.9 Å². The van der Waals surface area contributed by atoms with Crippen molar-refractivity contribution in [1.29, 1.82) is 0 Å². The van der Waals surface area contributed by atoms with Crippen LogP contribution in [-0.2, 0) is 4.79 Å². The van der Waals surface area contributed by atoms with Crippen molar-refractivity contribution in [3.8, 4) is 0 Å². The van der Waals surface area contributed by atoms with Crippen LogP contribution in [-0.4, -0.2) is 19.4 Å². The van der Waals surface area contributed by atoms with Gasteiger partial charge in [0.25, 0.3) is 5.91 Å². The summed E-state index contributed by atoms with van der Waals surface area (Å²) in [5, 5.41) is 2.80. The van der Waals surface area contributed by atoms with Gasteiger partial charge in [-0.05, 0) is 37.3 Å². The number of hydrogen-bond donors (Lipinski definition) is 2. The summed E-state index contributed by atoms with van der Waals surface area (Å²) in [6.45, 7) is 1.98. The van der Waals surface area contributed by atoms with Crippen molar-refractivity contribution in [2.75, 3.05) is 23.0 Å². The van der Waals surface area contributed by atoms with Gasteiger partial charge in [0.1, 0.15) is 0 Å². The number of nitrogens with zero attached hydrogens (tertiary/aromatic N) is 1. The van der Waals surface area contributed by atoms with E-state index in [-0.39, 0.29) is 5.91 Å². The molecule has 0 fully saturated rings. The Labute approximate surface area is 123 Å². The highest BCUT2D eigenvalue weighted by atomic mass is 16.1. The van der Waals surface area contributed by atoms with E-state index in [1.807, 2.05) is 31.2 Å². The monoisotopic (exact) mass is 283 g/mol. The maximum atomic E-state index is 12.2. The zero-order valence-electron chi connectivity index (χ0n) is 12.0. The number of carbonyl (C=O) groups is 2. The average molecular weight is 283 g/mol. The van der Waals surface area contributed by atoms with Crippen molar-refractivity contribution >= 4 is 29.4 Å². The smallest absolute Gasteiger partial charge is 0.255 e. The molecule has 5 nitrogen and oxygen atoms in total. The van der Waals surface area contributed by atoms with Gasteiger partial charge in [-0.1, -0.05) is 17.7 Å². The number of benzene rings is 2. The summed E-state index contributed by atoms with van der Waals surface area (Å²) in [5.41, 5.74) is 9.00. The van der Waals surface area contributed by atoms with E-state index in [9.17, 15) is 9.59 Å². The Morgan fingerprint density at radius 3 is 2.48 bits per heavy atom. The summed E-state index contributed by atoms with van der Waals surface area (Å²) in [6.07, 6.45) is 0.663. The molecule has 0 bridgehead atoms. The van der Waals surface area contributed by atoms with Crippen LogP contribution >= 0.6 is 0 Å². The molecule has 0 saturated carbocycles. The van der Waals surface area contributed by atoms with E-state index >= 15 is 0 Å². The van der Waals surface area contributed by atoms with Crippen LogP contribution in [0.4, 0.5) is 17.1 Å². The highest BCUT2D eigenvalue weighted by Gasteiger charge is 2.10. The summed E-state index contributed by atoms with van der Waals surface area (Å²) < 4.78 is 0. The molecule has 5 heteroatoms. The quantitative estimate of drug-likeness (QED) is 0.668. The van der Waals surface area contributed by atoms with E-state index in [1.165, 1.54) is 4.90 Å². The third-order valence-electron chi connectivity index (χ3n) is 3.08. The number of anilines is 3. The Balaban J connectivity index is 2.24. The Bertz CT molecular complexity index is 666. The molecule has 0 aliphatic heterocycles. The Kier molecular flexibility index (Phi) is 4.23. The van der Waals surface area contributed by atoms with Gasteiger partial charge in [-0.25, -0.2) is 0 Å². The van der Waals surface area contributed by atoms with Gasteiger partial charge < -0.3 is 16.0 Å². The molecule has 21 heavy (non-hydrogen) atoms. The maximum Gasteiger partial charge on any atom is 0.255 e. The van der Waals surface area contributed by atoms with Gasteiger partial charge in [0.05, 0.1) is 0 Å². The molecule has 2 amide bonds. The third kappa shape index (κ3) is 3.60. The van der Waals surface area contributed by atoms with Crippen LogP contribution in [0.3, 0.4) is 0 Å². The number of nitrogen functional groups attached to an aromatic ring is 1. The highest BCUT2D eigenvalue weighted by Crippen LogP contribution is 2.20. The lowest BCUT2D eigenvalue weighted by Crippen LogP contribution is -2.17. The summed E-state index contributed by atoms with van der Waals surface area (Å²) in [5.74, 6) is -0.272. The highest BCUT2D eigenvalue weighted by molar-refractivity contribution is 6.05. The van der Waals surface area contributed by atoms with E-state index in [0.29, 0.717) is 29.0 Å². The van der Waals surface area contributed by atoms with Crippen LogP contribution in [0.5, 0.6) is 0 Å². The van der Waals surface area contributed by atoms with Crippen LogP contribution in [0.15, 0.2) is 42.5 Å². The van der Waals surface area contributed by atoms with Crippen molar-refractivity contribution < 1.29 is 9.59 Å². The lowest BCUT2D eigenvalue weighted by atomic mass is 10.1. The molecule has 0 atom stereocenters. The molecule has 2 rings (SSSR count). The molecular weight excluding hydrogens is 266 g/mol. The van der Waals surface area contributed by atoms with Gasteiger partial charge in [0.15, 0.2) is 0 Å². The number of nitrogens with two attached hydrogens (primary N) is 1. The summed E-state index contributed by atoms with van der Waals surface area (Å²) in [6, 6.07) is 12.3. The molecule has 0 radical (unpaired) electrons. The molecule has 2 aromatic carbocycles. The largest absolute Gasteiger partial charge is 0.399 e. The van der Waals surface area contributed by atoms with E-state index in [2.05, 4.69) is 5.32 Å². The molecule has 0 aliphatic rings. The minimum absolute atomic E-state index is 0.272. The molecule has 2 aromatic rings. The zero-order chi connectivity index (χ0) is 15.4. The summed E-state index contributed by atoms with van der Waals surface area (Å²) in [7, 11) is 1.60. The number of hydrogen-bond acceptors (Lipinski definition) is 3. The summed E-state index contributed by atoms with van der Waals surface area (Å²) >= 11 is 0. The molecule has 3 N–H and O–H groups in total. The van der Waals surface area contributed by atoms with E-state index in [0.717, 1.165) is 5.56 Å². The Hall–Kier alpha value is -2.82. The SMILES string of the molecule is Cc1ccc(NC(=O)c2cc(N)cc(N(C)C=O)c2)cc1. The van der Waals surface area contributed by atoms with Gasteiger partial charge in [0, 0.05) is 29.7 Å². The average Bonchev–Trinajstić information content (AvgIpc) is 2.48. The van der Waals surface area contributed by atoms with Crippen LogP contribution in [0.25, 0.3) is 0 Å². The van der Waals surface area contributed by atoms with Gasteiger partial charge >= 0.3 is 0 Å². The zero-order valence-corrected chi connectivity index (χ0v) is 12.0. The minimum atomic E-state index is -0.272. The molecular formula is C16H17N3O2. The van der Waals surface area contributed by atoms with E-state index in [4.69, 9.17) is 5.73 Å². The van der Waals surface area contributed by atoms with E-state index < -0.39 is 0 Å². The van der Waals surface area contributed by atoms with E-state index in [1.54, 1.807) is 25.2 Å².